The van der Waals surface area contributed by atoms with Crippen LogP contribution in [0.4, 0.5) is 0 Å². The molecule has 22 heavy (non-hydrogen) atoms. The average molecular weight is 320 g/mol. The molecule has 0 aromatic heterocycles. The second kappa shape index (κ2) is 5.84. The Morgan fingerprint density at radius 2 is 1.55 bits per heavy atom. The van der Waals surface area contributed by atoms with Gasteiger partial charge in [-0.3, -0.25) is 0 Å². The Bertz CT molecular complexity index is 555. The lowest BCUT2D eigenvalue weighted by Crippen LogP contribution is -2.17. The molecule has 1 fully saturated rings. The van der Waals surface area contributed by atoms with Crippen LogP contribution in [0.25, 0.3) is 6.08 Å². The van der Waals surface area contributed by atoms with E-state index in [1.165, 1.54) is 11.3 Å². The summed E-state index contributed by atoms with van der Waals surface area (Å²) in [5, 5.41) is 10.8. The fourth-order valence-corrected chi connectivity index (χ4v) is 3.75. The molecular formula is C19H29NOS. The Kier molecular flexibility index (Phi) is 4.59. The van der Waals surface area contributed by atoms with Crippen molar-refractivity contribution in [2.75, 3.05) is 18.7 Å². The van der Waals surface area contributed by atoms with Gasteiger partial charge in [-0.15, -0.1) is 11.8 Å². The van der Waals surface area contributed by atoms with Crippen LogP contribution >= 0.6 is 11.8 Å². The van der Waals surface area contributed by atoms with Crippen molar-refractivity contribution >= 4 is 17.8 Å². The van der Waals surface area contributed by atoms with E-state index in [4.69, 9.17) is 0 Å². The van der Waals surface area contributed by atoms with E-state index in [9.17, 15) is 5.11 Å². The number of rotatable bonds is 1. The molecule has 0 radical (unpaired) electrons. The third-order valence-electron chi connectivity index (χ3n) is 4.11. The lowest BCUT2D eigenvalue weighted by atomic mass is 9.78. The Balaban J connectivity index is 2.61. The molecule has 0 amide bonds. The molecule has 0 bridgehead atoms. The number of hydrogen-bond donors (Lipinski definition) is 1. The number of thioether (sulfide) groups is 1. The maximum atomic E-state index is 10.8. The molecule has 1 aliphatic heterocycles. The van der Waals surface area contributed by atoms with Crippen LogP contribution in [0.15, 0.2) is 17.8 Å². The van der Waals surface area contributed by atoms with Gasteiger partial charge in [-0.25, -0.2) is 0 Å². The minimum Gasteiger partial charge on any atom is -0.507 e. The van der Waals surface area contributed by atoms with E-state index in [0.717, 1.165) is 22.8 Å². The smallest absolute Gasteiger partial charge is 0.123 e. The van der Waals surface area contributed by atoms with Gasteiger partial charge in [-0.1, -0.05) is 41.5 Å². The zero-order valence-corrected chi connectivity index (χ0v) is 15.8. The van der Waals surface area contributed by atoms with Gasteiger partial charge in [0.1, 0.15) is 5.75 Å². The SMILES string of the molecule is CN1CSC/C1=C/c1cc(C(C)(C)C)c(O)c(C(C)(C)C)c1. The standard InChI is InChI=1S/C19H29NOS/c1-18(2,3)15-9-13(8-14-11-22-12-20(14)7)10-16(17(15)21)19(4,5)6/h8-10,21H,11-12H2,1-7H3/b14-8-. The van der Waals surface area contributed by atoms with Gasteiger partial charge >= 0.3 is 0 Å². The molecule has 0 unspecified atom stereocenters. The van der Waals surface area contributed by atoms with E-state index in [1.807, 2.05) is 11.8 Å². The second-order valence-corrected chi connectivity index (χ2v) is 9.23. The van der Waals surface area contributed by atoms with Crippen molar-refractivity contribution in [3.05, 3.63) is 34.5 Å². The molecule has 1 aromatic rings. The zero-order valence-electron chi connectivity index (χ0n) is 14.9. The maximum absolute atomic E-state index is 10.8. The zero-order chi connectivity index (χ0) is 16.7. The highest BCUT2D eigenvalue weighted by Gasteiger charge is 2.26. The van der Waals surface area contributed by atoms with Crippen molar-refractivity contribution in [1.29, 1.82) is 0 Å². The number of phenolic OH excluding ortho intramolecular Hbond substituents is 1. The fourth-order valence-electron chi connectivity index (χ4n) is 2.71. The number of nitrogens with zero attached hydrogens (tertiary/aromatic N) is 1. The molecule has 122 valence electrons. The molecule has 0 aliphatic carbocycles. The molecule has 1 aromatic carbocycles. The second-order valence-electron chi connectivity index (χ2n) is 8.28. The van der Waals surface area contributed by atoms with Crippen LogP contribution in [0.1, 0.15) is 58.2 Å². The van der Waals surface area contributed by atoms with Gasteiger partial charge in [0.2, 0.25) is 0 Å². The summed E-state index contributed by atoms with van der Waals surface area (Å²) >= 11 is 1.94. The van der Waals surface area contributed by atoms with Gasteiger partial charge in [0.25, 0.3) is 0 Å². The first-order chi connectivity index (χ1) is 10.00. The molecule has 1 aliphatic rings. The number of phenols is 1. The van der Waals surface area contributed by atoms with Gasteiger partial charge < -0.3 is 10.0 Å². The first-order valence-electron chi connectivity index (χ1n) is 7.87. The summed E-state index contributed by atoms with van der Waals surface area (Å²) in [6, 6.07) is 4.29. The molecule has 3 heteroatoms. The van der Waals surface area contributed by atoms with Crippen LogP contribution in [0.3, 0.4) is 0 Å². The molecule has 1 heterocycles. The number of benzene rings is 1. The van der Waals surface area contributed by atoms with Crippen molar-refractivity contribution in [2.45, 2.75) is 52.4 Å². The number of aromatic hydroxyl groups is 1. The summed E-state index contributed by atoms with van der Waals surface area (Å²) in [6.07, 6.45) is 2.27. The van der Waals surface area contributed by atoms with E-state index in [1.54, 1.807) is 0 Å². The van der Waals surface area contributed by atoms with Crippen LogP contribution in [0, 0.1) is 0 Å². The summed E-state index contributed by atoms with van der Waals surface area (Å²) in [7, 11) is 2.14. The van der Waals surface area contributed by atoms with Crippen molar-refractivity contribution in [3.63, 3.8) is 0 Å². The predicted molar refractivity (Wildman–Crippen MR) is 98.6 cm³/mol. The van der Waals surface area contributed by atoms with E-state index >= 15 is 0 Å². The minimum absolute atomic E-state index is 0.0745. The van der Waals surface area contributed by atoms with E-state index < -0.39 is 0 Å². The lowest BCUT2D eigenvalue weighted by Gasteiger charge is -2.28. The van der Waals surface area contributed by atoms with Gasteiger partial charge in [0, 0.05) is 29.6 Å². The van der Waals surface area contributed by atoms with Crippen LogP contribution in [-0.4, -0.2) is 28.7 Å². The Morgan fingerprint density at radius 3 is 1.91 bits per heavy atom. The maximum Gasteiger partial charge on any atom is 0.123 e. The van der Waals surface area contributed by atoms with Crippen LogP contribution in [0.5, 0.6) is 5.75 Å². The lowest BCUT2D eigenvalue weighted by molar-refractivity contribution is 0.423. The third-order valence-corrected chi connectivity index (χ3v) is 5.18. The quantitative estimate of drug-likeness (QED) is 0.791. The van der Waals surface area contributed by atoms with E-state index in [-0.39, 0.29) is 10.8 Å². The monoisotopic (exact) mass is 319 g/mol. The van der Waals surface area contributed by atoms with Crippen molar-refractivity contribution in [3.8, 4) is 5.75 Å². The highest BCUT2D eigenvalue weighted by atomic mass is 32.2. The van der Waals surface area contributed by atoms with E-state index in [0.29, 0.717) is 5.75 Å². The molecule has 0 atom stereocenters. The highest BCUT2D eigenvalue weighted by molar-refractivity contribution is 7.99. The normalized spacial score (nSPS) is 18.3. The number of hydrogen-bond acceptors (Lipinski definition) is 3. The molecule has 2 rings (SSSR count). The average Bonchev–Trinajstić information content (AvgIpc) is 2.74. The summed E-state index contributed by atoms with van der Waals surface area (Å²) in [5.41, 5.74) is 4.46. The first-order valence-corrected chi connectivity index (χ1v) is 9.03. The topological polar surface area (TPSA) is 23.5 Å². The largest absolute Gasteiger partial charge is 0.507 e. The van der Waals surface area contributed by atoms with Gasteiger partial charge in [0.05, 0.1) is 5.88 Å². The first kappa shape index (κ1) is 17.3. The van der Waals surface area contributed by atoms with Crippen molar-refractivity contribution < 1.29 is 5.11 Å². The summed E-state index contributed by atoms with van der Waals surface area (Å²) < 4.78 is 0. The Morgan fingerprint density at radius 1 is 1.05 bits per heavy atom. The van der Waals surface area contributed by atoms with Crippen molar-refractivity contribution in [2.24, 2.45) is 0 Å². The minimum atomic E-state index is -0.0745. The highest BCUT2D eigenvalue weighted by Crippen LogP contribution is 2.40. The van der Waals surface area contributed by atoms with Gasteiger partial charge in [0.15, 0.2) is 0 Å². The Hall–Kier alpha value is -1.09. The molecule has 0 saturated carbocycles. The molecule has 0 spiro atoms. The molecule has 2 nitrogen and oxygen atoms in total. The summed E-state index contributed by atoms with van der Waals surface area (Å²) in [6.45, 7) is 12.9. The van der Waals surface area contributed by atoms with E-state index in [2.05, 4.69) is 71.7 Å². The molecule has 1 saturated heterocycles. The van der Waals surface area contributed by atoms with Gasteiger partial charge in [-0.2, -0.15) is 0 Å². The van der Waals surface area contributed by atoms with Crippen LogP contribution in [-0.2, 0) is 10.8 Å². The fraction of sp³-hybridized carbons (Fsp3) is 0.579. The molecule has 1 N–H and O–H groups in total. The van der Waals surface area contributed by atoms with Crippen molar-refractivity contribution in [1.82, 2.24) is 4.90 Å². The summed E-state index contributed by atoms with van der Waals surface area (Å²) in [4.78, 5) is 2.30. The van der Waals surface area contributed by atoms with Crippen LogP contribution in [0.2, 0.25) is 0 Å². The molecular weight excluding hydrogens is 290 g/mol. The third kappa shape index (κ3) is 3.62. The Labute approximate surface area is 139 Å². The summed E-state index contributed by atoms with van der Waals surface area (Å²) in [5.74, 6) is 2.58. The predicted octanol–water partition coefficient (Wildman–Crippen LogP) is 4.96. The van der Waals surface area contributed by atoms with Gasteiger partial charge in [-0.05, 0) is 34.6 Å². The van der Waals surface area contributed by atoms with Crippen LogP contribution < -0.4 is 0 Å².